The quantitative estimate of drug-likeness (QED) is 0.749. The van der Waals surface area contributed by atoms with E-state index in [-0.39, 0.29) is 17.6 Å². The van der Waals surface area contributed by atoms with E-state index in [1.54, 1.807) is 6.92 Å². The zero-order valence-corrected chi connectivity index (χ0v) is 9.42. The topological polar surface area (TPSA) is 40.5 Å². The Hall–Kier alpha value is -0.570. The number of carbonyl (C=O) groups is 1. The van der Waals surface area contributed by atoms with Gasteiger partial charge >= 0.3 is 0 Å². The highest BCUT2D eigenvalue weighted by atomic mass is 16.3. The summed E-state index contributed by atoms with van der Waals surface area (Å²) in [6, 6.07) is 0. The van der Waals surface area contributed by atoms with Crippen molar-refractivity contribution >= 4 is 5.91 Å². The van der Waals surface area contributed by atoms with Gasteiger partial charge in [-0.15, -0.1) is 0 Å². The molecule has 1 aliphatic heterocycles. The van der Waals surface area contributed by atoms with Crippen molar-refractivity contribution in [2.24, 2.45) is 0 Å². The molecule has 3 nitrogen and oxygen atoms in total. The molecule has 1 N–H and O–H groups in total. The minimum Gasteiger partial charge on any atom is -0.393 e. The van der Waals surface area contributed by atoms with Gasteiger partial charge in [-0.1, -0.05) is 0 Å². The molecule has 3 heteroatoms. The predicted molar refractivity (Wildman–Crippen MR) is 55.9 cm³/mol. The SMILES string of the molecule is CC(O)CCC(=O)N1CCCC1(C)C. The first-order valence-corrected chi connectivity index (χ1v) is 5.42. The van der Waals surface area contributed by atoms with Crippen LogP contribution in [-0.2, 0) is 4.79 Å². The first-order chi connectivity index (χ1) is 6.43. The van der Waals surface area contributed by atoms with Crippen LogP contribution in [0.3, 0.4) is 0 Å². The van der Waals surface area contributed by atoms with Crippen LogP contribution in [0.5, 0.6) is 0 Å². The van der Waals surface area contributed by atoms with Crippen LogP contribution in [0, 0.1) is 0 Å². The van der Waals surface area contributed by atoms with Gasteiger partial charge < -0.3 is 10.0 Å². The molecule has 1 atom stereocenters. The molecule has 0 saturated carbocycles. The summed E-state index contributed by atoms with van der Waals surface area (Å²) in [5, 5.41) is 9.10. The summed E-state index contributed by atoms with van der Waals surface area (Å²) in [5.41, 5.74) is 0.0236. The molecule has 1 heterocycles. The Labute approximate surface area is 86.1 Å². The smallest absolute Gasteiger partial charge is 0.223 e. The zero-order chi connectivity index (χ0) is 10.8. The number of hydrogen-bond donors (Lipinski definition) is 1. The van der Waals surface area contributed by atoms with Gasteiger partial charge in [-0.3, -0.25) is 4.79 Å². The number of nitrogens with zero attached hydrogens (tertiary/aromatic N) is 1. The van der Waals surface area contributed by atoms with Gasteiger partial charge in [0.2, 0.25) is 5.91 Å². The molecule has 1 aliphatic rings. The Kier molecular flexibility index (Phi) is 3.53. The number of amides is 1. The summed E-state index contributed by atoms with van der Waals surface area (Å²) in [7, 11) is 0. The average Bonchev–Trinajstić information content (AvgIpc) is 2.41. The van der Waals surface area contributed by atoms with Crippen molar-refractivity contribution in [2.45, 2.75) is 58.1 Å². The lowest BCUT2D eigenvalue weighted by Gasteiger charge is -2.31. The second kappa shape index (κ2) is 4.30. The van der Waals surface area contributed by atoms with Crippen molar-refractivity contribution in [3.8, 4) is 0 Å². The number of rotatable bonds is 3. The van der Waals surface area contributed by atoms with Crippen LogP contribution in [-0.4, -0.2) is 34.1 Å². The second-order valence-electron chi connectivity index (χ2n) is 4.85. The Morgan fingerprint density at radius 3 is 2.64 bits per heavy atom. The normalized spacial score (nSPS) is 22.4. The second-order valence-corrected chi connectivity index (χ2v) is 4.85. The van der Waals surface area contributed by atoms with Gasteiger partial charge in [-0.2, -0.15) is 0 Å². The Morgan fingerprint density at radius 1 is 1.57 bits per heavy atom. The largest absolute Gasteiger partial charge is 0.393 e. The molecular weight excluding hydrogens is 178 g/mol. The highest BCUT2D eigenvalue weighted by molar-refractivity contribution is 5.77. The molecule has 14 heavy (non-hydrogen) atoms. The Bertz CT molecular complexity index is 211. The van der Waals surface area contributed by atoms with Crippen LogP contribution in [0.25, 0.3) is 0 Å². The highest BCUT2D eigenvalue weighted by Gasteiger charge is 2.34. The lowest BCUT2D eigenvalue weighted by atomic mass is 10.0. The first-order valence-electron chi connectivity index (χ1n) is 5.42. The number of hydrogen-bond acceptors (Lipinski definition) is 2. The Balaban J connectivity index is 2.44. The standard InChI is InChI=1S/C11H21NO2/c1-9(13)5-6-10(14)12-8-4-7-11(12,2)3/h9,13H,4-8H2,1-3H3. The molecule has 0 aromatic carbocycles. The van der Waals surface area contributed by atoms with E-state index in [2.05, 4.69) is 13.8 Å². The monoisotopic (exact) mass is 199 g/mol. The maximum Gasteiger partial charge on any atom is 0.223 e. The molecule has 0 aromatic heterocycles. The molecule has 1 fully saturated rings. The van der Waals surface area contributed by atoms with Gasteiger partial charge in [-0.05, 0) is 40.0 Å². The van der Waals surface area contributed by atoms with Crippen LogP contribution < -0.4 is 0 Å². The van der Waals surface area contributed by atoms with E-state index in [1.165, 1.54) is 0 Å². The third-order valence-electron chi connectivity index (χ3n) is 2.98. The maximum atomic E-state index is 11.8. The minimum atomic E-state index is -0.371. The predicted octanol–water partition coefficient (Wildman–Crippen LogP) is 1.55. The van der Waals surface area contributed by atoms with Crippen molar-refractivity contribution in [3.05, 3.63) is 0 Å². The maximum absolute atomic E-state index is 11.8. The van der Waals surface area contributed by atoms with Gasteiger partial charge in [0.05, 0.1) is 6.10 Å². The molecule has 1 amide bonds. The van der Waals surface area contributed by atoms with Crippen LogP contribution in [0.4, 0.5) is 0 Å². The van der Waals surface area contributed by atoms with Crippen molar-refractivity contribution in [1.82, 2.24) is 4.90 Å². The summed E-state index contributed by atoms with van der Waals surface area (Å²) >= 11 is 0. The lowest BCUT2D eigenvalue weighted by molar-refractivity contribution is -0.134. The summed E-state index contributed by atoms with van der Waals surface area (Å²) in [4.78, 5) is 13.7. The molecule has 0 aliphatic carbocycles. The van der Waals surface area contributed by atoms with E-state index in [4.69, 9.17) is 5.11 Å². The number of aliphatic hydroxyl groups is 1. The van der Waals surface area contributed by atoms with E-state index in [1.807, 2.05) is 4.90 Å². The number of likely N-dealkylation sites (tertiary alicyclic amines) is 1. The highest BCUT2D eigenvalue weighted by Crippen LogP contribution is 2.28. The van der Waals surface area contributed by atoms with Crippen LogP contribution in [0.1, 0.15) is 46.5 Å². The lowest BCUT2D eigenvalue weighted by Crippen LogP contribution is -2.42. The summed E-state index contributed by atoms with van der Waals surface area (Å²) < 4.78 is 0. The van der Waals surface area contributed by atoms with Crippen molar-refractivity contribution in [1.29, 1.82) is 0 Å². The summed E-state index contributed by atoms with van der Waals surface area (Å²) in [6.45, 7) is 6.83. The Morgan fingerprint density at radius 2 is 2.21 bits per heavy atom. The third kappa shape index (κ3) is 2.71. The summed E-state index contributed by atoms with van der Waals surface area (Å²) in [6.07, 6.45) is 2.87. The fourth-order valence-electron chi connectivity index (χ4n) is 2.04. The molecule has 1 saturated heterocycles. The molecule has 82 valence electrons. The van der Waals surface area contributed by atoms with Gasteiger partial charge in [0.25, 0.3) is 0 Å². The third-order valence-corrected chi connectivity index (χ3v) is 2.98. The van der Waals surface area contributed by atoms with E-state index in [0.29, 0.717) is 12.8 Å². The fourth-order valence-corrected chi connectivity index (χ4v) is 2.04. The van der Waals surface area contributed by atoms with Crippen molar-refractivity contribution in [3.63, 3.8) is 0 Å². The average molecular weight is 199 g/mol. The fraction of sp³-hybridized carbons (Fsp3) is 0.909. The molecule has 1 unspecified atom stereocenters. The van der Waals surface area contributed by atoms with Crippen molar-refractivity contribution in [2.75, 3.05) is 6.54 Å². The molecule has 0 aromatic rings. The van der Waals surface area contributed by atoms with E-state index < -0.39 is 0 Å². The zero-order valence-electron chi connectivity index (χ0n) is 9.42. The molecule has 1 rings (SSSR count). The minimum absolute atomic E-state index is 0.0236. The van der Waals surface area contributed by atoms with E-state index in [0.717, 1.165) is 19.4 Å². The van der Waals surface area contributed by atoms with Crippen LogP contribution in [0.2, 0.25) is 0 Å². The van der Waals surface area contributed by atoms with E-state index >= 15 is 0 Å². The molecule has 0 bridgehead atoms. The van der Waals surface area contributed by atoms with Gasteiger partial charge in [0, 0.05) is 18.5 Å². The number of aliphatic hydroxyl groups excluding tert-OH is 1. The van der Waals surface area contributed by atoms with E-state index in [9.17, 15) is 4.79 Å². The summed E-state index contributed by atoms with van der Waals surface area (Å²) in [5.74, 6) is 0.188. The van der Waals surface area contributed by atoms with Crippen LogP contribution in [0.15, 0.2) is 0 Å². The van der Waals surface area contributed by atoms with Crippen LogP contribution >= 0.6 is 0 Å². The molecule has 0 spiro atoms. The first kappa shape index (κ1) is 11.5. The van der Waals surface area contributed by atoms with Gasteiger partial charge in [-0.25, -0.2) is 0 Å². The number of carbonyl (C=O) groups excluding carboxylic acids is 1. The van der Waals surface area contributed by atoms with Gasteiger partial charge in [0.1, 0.15) is 0 Å². The molecule has 0 radical (unpaired) electrons. The van der Waals surface area contributed by atoms with Crippen molar-refractivity contribution < 1.29 is 9.90 Å². The molecular formula is C11H21NO2. The van der Waals surface area contributed by atoms with Gasteiger partial charge in [0.15, 0.2) is 0 Å².